The fourth-order valence-corrected chi connectivity index (χ4v) is 3.70. The third kappa shape index (κ3) is 3.92. The largest absolute Gasteiger partial charge is 0.384 e. The van der Waals surface area contributed by atoms with Gasteiger partial charge in [0.25, 0.3) is 0 Å². The number of methoxy groups -OCH3 is 1. The van der Waals surface area contributed by atoms with Gasteiger partial charge in [-0.15, -0.1) is 0 Å². The van der Waals surface area contributed by atoms with Crippen molar-refractivity contribution in [2.24, 2.45) is 0 Å². The van der Waals surface area contributed by atoms with Crippen LogP contribution >= 0.6 is 0 Å². The molecule has 6 nitrogen and oxygen atoms in total. The molecule has 4 rings (SSSR count). The zero-order valence-electron chi connectivity index (χ0n) is 15.2. The molecule has 0 aromatic carbocycles. The molecule has 1 N–H and O–H groups in total. The second-order valence-corrected chi connectivity index (χ2v) is 6.99. The molecule has 0 spiro atoms. The Morgan fingerprint density at radius 1 is 1.27 bits per heavy atom. The lowest BCUT2D eigenvalue weighted by atomic mass is 9.94. The molecule has 4 heterocycles. The number of nitrogens with zero attached hydrogens (tertiary/aromatic N) is 4. The summed E-state index contributed by atoms with van der Waals surface area (Å²) in [5.41, 5.74) is 3.46. The summed E-state index contributed by atoms with van der Waals surface area (Å²) in [5.74, 6) is 1.37. The van der Waals surface area contributed by atoms with Crippen LogP contribution in [0.3, 0.4) is 0 Å². The van der Waals surface area contributed by atoms with Crippen LogP contribution in [-0.4, -0.2) is 51.6 Å². The molecule has 1 aliphatic heterocycles. The van der Waals surface area contributed by atoms with Crippen LogP contribution in [0.4, 0.5) is 0 Å². The zero-order chi connectivity index (χ0) is 17.8. The Kier molecular flexibility index (Phi) is 5.22. The lowest BCUT2D eigenvalue weighted by Gasteiger charge is -2.32. The normalized spacial score (nSPS) is 18.4. The van der Waals surface area contributed by atoms with Gasteiger partial charge in [0.2, 0.25) is 0 Å². The molecule has 136 valence electrons. The fraction of sp³-hybridized carbons (Fsp3) is 0.450. The second-order valence-electron chi connectivity index (χ2n) is 6.99. The van der Waals surface area contributed by atoms with Crippen molar-refractivity contribution in [2.45, 2.75) is 31.7 Å². The predicted molar refractivity (Wildman–Crippen MR) is 101 cm³/mol. The van der Waals surface area contributed by atoms with Crippen molar-refractivity contribution in [3.05, 3.63) is 53.9 Å². The highest BCUT2D eigenvalue weighted by Gasteiger charge is 2.23. The first kappa shape index (κ1) is 17.1. The molecule has 1 atom stereocenters. The van der Waals surface area contributed by atoms with E-state index in [1.807, 2.05) is 24.7 Å². The number of rotatable bonds is 6. The molecule has 0 amide bonds. The minimum atomic E-state index is 0.528. The summed E-state index contributed by atoms with van der Waals surface area (Å²) < 4.78 is 5.08. The van der Waals surface area contributed by atoms with Gasteiger partial charge in [0.05, 0.1) is 6.61 Å². The molecule has 0 bridgehead atoms. The summed E-state index contributed by atoms with van der Waals surface area (Å²) in [5, 5.41) is 1.19. The third-order valence-electron chi connectivity index (χ3n) is 5.05. The number of nitrogens with one attached hydrogen (secondary N) is 1. The van der Waals surface area contributed by atoms with Crippen LogP contribution in [0.25, 0.3) is 11.0 Å². The Morgan fingerprint density at radius 2 is 2.15 bits per heavy atom. The van der Waals surface area contributed by atoms with Gasteiger partial charge in [-0.05, 0) is 37.6 Å². The molecule has 3 aromatic rings. The highest BCUT2D eigenvalue weighted by atomic mass is 16.5. The van der Waals surface area contributed by atoms with E-state index >= 15 is 0 Å². The van der Waals surface area contributed by atoms with Crippen LogP contribution in [0.1, 0.15) is 35.8 Å². The minimum absolute atomic E-state index is 0.528. The Hall–Kier alpha value is -2.31. The molecule has 26 heavy (non-hydrogen) atoms. The first-order chi connectivity index (χ1) is 12.8. The molecule has 1 unspecified atom stereocenters. The highest BCUT2D eigenvalue weighted by Crippen LogP contribution is 2.29. The summed E-state index contributed by atoms with van der Waals surface area (Å²) in [6.07, 6.45) is 8.93. The number of aromatic nitrogens is 4. The Bertz CT molecular complexity index is 812. The number of likely N-dealkylation sites (tertiary alicyclic amines) is 1. The highest BCUT2D eigenvalue weighted by molar-refractivity contribution is 5.76. The Balaban J connectivity index is 1.40. The molecule has 0 radical (unpaired) electrons. The molecule has 0 aliphatic carbocycles. The molecule has 1 saturated heterocycles. The maximum Gasteiger partial charge on any atom is 0.137 e. The van der Waals surface area contributed by atoms with Crippen LogP contribution in [0.15, 0.2) is 36.8 Å². The van der Waals surface area contributed by atoms with Crippen molar-refractivity contribution in [3.8, 4) is 0 Å². The van der Waals surface area contributed by atoms with E-state index in [1.165, 1.54) is 29.5 Å². The van der Waals surface area contributed by atoms with Crippen molar-refractivity contribution in [3.63, 3.8) is 0 Å². The monoisotopic (exact) mass is 351 g/mol. The number of hydrogen-bond acceptors (Lipinski definition) is 5. The fourth-order valence-electron chi connectivity index (χ4n) is 3.70. The first-order valence-electron chi connectivity index (χ1n) is 9.26. The van der Waals surface area contributed by atoms with Gasteiger partial charge in [-0.2, -0.15) is 0 Å². The lowest BCUT2D eigenvalue weighted by molar-refractivity contribution is 0.197. The average Bonchev–Trinajstić information content (AvgIpc) is 3.12. The van der Waals surface area contributed by atoms with E-state index < -0.39 is 0 Å². The molecule has 1 aliphatic rings. The van der Waals surface area contributed by atoms with E-state index in [2.05, 4.69) is 37.0 Å². The number of piperidine rings is 1. The maximum atomic E-state index is 5.08. The van der Waals surface area contributed by atoms with Crippen molar-refractivity contribution in [2.75, 3.05) is 26.8 Å². The zero-order valence-corrected chi connectivity index (χ0v) is 15.2. The summed E-state index contributed by atoms with van der Waals surface area (Å²) >= 11 is 0. The van der Waals surface area contributed by atoms with E-state index in [0.29, 0.717) is 12.5 Å². The molecular formula is C20H25N5O. The number of pyridine rings is 1. The van der Waals surface area contributed by atoms with Gasteiger partial charge in [0.1, 0.15) is 11.5 Å². The van der Waals surface area contributed by atoms with Gasteiger partial charge in [-0.25, -0.2) is 15.0 Å². The maximum absolute atomic E-state index is 5.08. The van der Waals surface area contributed by atoms with Crippen LogP contribution in [0.5, 0.6) is 0 Å². The molecular weight excluding hydrogens is 326 g/mol. The number of hydrogen-bond donors (Lipinski definition) is 1. The SMILES string of the molecule is COCCc1ncc(CN2CCCC(c3cc4cccnc4[nH]3)C2)cn1. The number of H-pyrrole nitrogens is 1. The van der Waals surface area contributed by atoms with Gasteiger partial charge in [0.15, 0.2) is 0 Å². The van der Waals surface area contributed by atoms with Crippen LogP contribution in [0.2, 0.25) is 0 Å². The van der Waals surface area contributed by atoms with Gasteiger partial charge < -0.3 is 9.72 Å². The molecule has 0 saturated carbocycles. The van der Waals surface area contributed by atoms with Gasteiger partial charge in [0, 0.05) is 67.8 Å². The number of aromatic amines is 1. The van der Waals surface area contributed by atoms with Crippen LogP contribution < -0.4 is 0 Å². The second kappa shape index (κ2) is 7.93. The van der Waals surface area contributed by atoms with Crippen molar-refractivity contribution < 1.29 is 4.74 Å². The van der Waals surface area contributed by atoms with Crippen molar-refractivity contribution in [1.82, 2.24) is 24.8 Å². The number of fused-ring (bicyclic) bond motifs is 1. The van der Waals surface area contributed by atoms with Crippen molar-refractivity contribution in [1.29, 1.82) is 0 Å². The van der Waals surface area contributed by atoms with Crippen molar-refractivity contribution >= 4 is 11.0 Å². The van der Waals surface area contributed by atoms with Crippen LogP contribution in [-0.2, 0) is 17.7 Å². The standard InChI is InChI=1S/C20H25N5O/c1-26-9-6-19-22-11-15(12-23-19)13-25-8-3-5-17(14-25)18-10-16-4-2-7-21-20(16)24-18/h2,4,7,10-12,17H,3,5-6,8-9,13-14H2,1H3,(H,21,24). The van der Waals surface area contributed by atoms with Gasteiger partial charge >= 0.3 is 0 Å². The van der Waals surface area contributed by atoms with Crippen LogP contribution in [0, 0.1) is 0 Å². The lowest BCUT2D eigenvalue weighted by Crippen LogP contribution is -2.34. The third-order valence-corrected chi connectivity index (χ3v) is 5.05. The number of ether oxygens (including phenoxy) is 1. The topological polar surface area (TPSA) is 66.9 Å². The molecule has 1 fully saturated rings. The Morgan fingerprint density at radius 3 is 2.96 bits per heavy atom. The van der Waals surface area contributed by atoms with E-state index in [1.54, 1.807) is 7.11 Å². The van der Waals surface area contributed by atoms with E-state index in [-0.39, 0.29) is 0 Å². The summed E-state index contributed by atoms with van der Waals surface area (Å²) in [6, 6.07) is 6.36. The van der Waals surface area contributed by atoms with E-state index in [9.17, 15) is 0 Å². The smallest absolute Gasteiger partial charge is 0.137 e. The predicted octanol–water partition coefficient (Wildman–Crippen LogP) is 2.92. The molecule has 3 aromatic heterocycles. The van der Waals surface area contributed by atoms with E-state index in [4.69, 9.17) is 4.74 Å². The molecule has 6 heteroatoms. The summed E-state index contributed by atoms with van der Waals surface area (Å²) in [6.45, 7) is 3.74. The van der Waals surface area contributed by atoms with Gasteiger partial charge in [-0.1, -0.05) is 0 Å². The first-order valence-corrected chi connectivity index (χ1v) is 9.26. The minimum Gasteiger partial charge on any atom is -0.384 e. The Labute approximate surface area is 153 Å². The van der Waals surface area contributed by atoms with Gasteiger partial charge in [-0.3, -0.25) is 4.90 Å². The average molecular weight is 351 g/mol. The summed E-state index contributed by atoms with van der Waals surface area (Å²) in [7, 11) is 1.70. The quantitative estimate of drug-likeness (QED) is 0.740. The van der Waals surface area contributed by atoms with E-state index in [0.717, 1.165) is 37.5 Å². The summed E-state index contributed by atoms with van der Waals surface area (Å²) in [4.78, 5) is 19.3.